The molecule has 1 saturated heterocycles. The van der Waals surface area contributed by atoms with E-state index in [2.05, 4.69) is 36.0 Å². The molecule has 0 unspecified atom stereocenters. The molecule has 2 nitrogen and oxygen atoms in total. The van der Waals surface area contributed by atoms with Crippen LogP contribution in [0.2, 0.25) is 0 Å². The third kappa shape index (κ3) is 3.06. The lowest BCUT2D eigenvalue weighted by atomic mass is 10.0. The fourth-order valence-corrected chi connectivity index (χ4v) is 4.16. The van der Waals surface area contributed by atoms with Crippen molar-refractivity contribution >= 4 is 24.6 Å². The van der Waals surface area contributed by atoms with Crippen LogP contribution in [0.1, 0.15) is 24.0 Å². The molecule has 0 aliphatic carbocycles. The van der Waals surface area contributed by atoms with Gasteiger partial charge in [0.2, 0.25) is 0 Å². The first-order valence-electron chi connectivity index (χ1n) is 7.06. The Hall–Kier alpha value is -0.320. The summed E-state index contributed by atoms with van der Waals surface area (Å²) in [6.07, 6.45) is 3.62. The summed E-state index contributed by atoms with van der Waals surface area (Å²) in [5.41, 5.74) is 2.71. The van der Waals surface area contributed by atoms with Crippen LogP contribution in [0.25, 0.3) is 0 Å². The highest BCUT2D eigenvalue weighted by molar-refractivity contribution is 7.97. The fourth-order valence-electron chi connectivity index (χ4n) is 2.72. The molecule has 4 heteroatoms. The molecule has 0 bridgehead atoms. The van der Waals surface area contributed by atoms with Gasteiger partial charge in [-0.1, -0.05) is 0 Å². The van der Waals surface area contributed by atoms with Gasteiger partial charge in [0.1, 0.15) is 5.75 Å². The maximum atomic E-state index is 5.62. The summed E-state index contributed by atoms with van der Waals surface area (Å²) in [6, 6.07) is 4.53. The summed E-state index contributed by atoms with van der Waals surface area (Å²) in [5.74, 6) is 2.94. The van der Waals surface area contributed by atoms with Gasteiger partial charge in [0, 0.05) is 24.4 Å². The highest BCUT2D eigenvalue weighted by Gasteiger charge is 2.21. The predicted octanol–water partition coefficient (Wildman–Crippen LogP) is 3.58. The minimum Gasteiger partial charge on any atom is -0.493 e. The average Bonchev–Trinajstić information content (AvgIpc) is 2.87. The fraction of sp³-hybridized carbons (Fsp3) is 0.600. The van der Waals surface area contributed by atoms with Crippen LogP contribution in [0, 0.1) is 12.8 Å². The minimum atomic E-state index is 0.815. The van der Waals surface area contributed by atoms with Crippen molar-refractivity contribution in [3.8, 4) is 5.75 Å². The summed E-state index contributed by atoms with van der Waals surface area (Å²) in [4.78, 5) is 1.40. The lowest BCUT2D eigenvalue weighted by molar-refractivity contribution is 0.312. The van der Waals surface area contributed by atoms with Gasteiger partial charge in [0.25, 0.3) is 0 Å². The molecule has 2 heterocycles. The number of ether oxygens (including phenoxy) is 1. The Morgan fingerprint density at radius 3 is 2.89 bits per heavy atom. The first-order valence-corrected chi connectivity index (χ1v) is 8.47. The molecule has 0 amide bonds. The van der Waals surface area contributed by atoms with Crippen LogP contribution in [0.15, 0.2) is 17.0 Å². The number of piperidine rings is 1. The molecule has 0 N–H and O–H groups in total. The van der Waals surface area contributed by atoms with Crippen molar-refractivity contribution in [3.63, 3.8) is 0 Å². The van der Waals surface area contributed by atoms with E-state index in [0.717, 1.165) is 30.4 Å². The van der Waals surface area contributed by atoms with Crippen LogP contribution >= 0.6 is 24.6 Å². The number of thiol groups is 1. The molecule has 0 atom stereocenters. The summed E-state index contributed by atoms with van der Waals surface area (Å²) >= 11 is 6.34. The third-order valence-corrected chi connectivity index (χ3v) is 5.82. The Balaban J connectivity index is 1.67. The van der Waals surface area contributed by atoms with Crippen molar-refractivity contribution in [1.29, 1.82) is 0 Å². The molecule has 0 saturated carbocycles. The van der Waals surface area contributed by atoms with Gasteiger partial charge in [0.05, 0.1) is 6.61 Å². The van der Waals surface area contributed by atoms with Crippen molar-refractivity contribution < 1.29 is 4.74 Å². The number of hydrogen-bond acceptors (Lipinski definition) is 4. The second-order valence-corrected chi connectivity index (χ2v) is 6.97. The molecule has 2 aliphatic heterocycles. The number of aryl methyl sites for hydroxylation is 1. The molecular formula is C15H21NOS2. The van der Waals surface area contributed by atoms with E-state index in [4.69, 9.17) is 4.74 Å². The largest absolute Gasteiger partial charge is 0.493 e. The maximum absolute atomic E-state index is 5.62. The van der Waals surface area contributed by atoms with Gasteiger partial charge in [0.15, 0.2) is 0 Å². The van der Waals surface area contributed by atoms with Gasteiger partial charge in [-0.05, 0) is 66.6 Å². The first kappa shape index (κ1) is 13.7. The second-order valence-electron chi connectivity index (χ2n) is 5.47. The number of fused-ring (bicyclic) bond motifs is 1. The lowest BCUT2D eigenvalue weighted by Crippen LogP contribution is -2.29. The normalized spacial score (nSPS) is 20.3. The van der Waals surface area contributed by atoms with E-state index in [1.807, 2.05) is 11.9 Å². The second kappa shape index (κ2) is 5.98. The summed E-state index contributed by atoms with van der Waals surface area (Å²) in [5, 5.41) is 0. The van der Waals surface area contributed by atoms with Gasteiger partial charge in [-0.15, -0.1) is 0 Å². The number of benzene rings is 1. The zero-order chi connectivity index (χ0) is 13.2. The van der Waals surface area contributed by atoms with Crippen LogP contribution in [0.5, 0.6) is 5.75 Å². The highest BCUT2D eigenvalue weighted by Crippen LogP contribution is 2.36. The van der Waals surface area contributed by atoms with E-state index >= 15 is 0 Å². The Morgan fingerprint density at radius 2 is 2.16 bits per heavy atom. The molecule has 0 radical (unpaired) electrons. The average molecular weight is 295 g/mol. The molecule has 2 aliphatic rings. The van der Waals surface area contributed by atoms with E-state index in [9.17, 15) is 0 Å². The standard InChI is InChI=1S/C15H21NOS2/c1-11-8-14-13(4-7-17-14)9-15(11)19-16-5-2-12(10-18)3-6-16/h8-9,12,18H,2-7,10H2,1H3. The van der Waals surface area contributed by atoms with Crippen molar-refractivity contribution in [3.05, 3.63) is 23.3 Å². The molecule has 1 fully saturated rings. The topological polar surface area (TPSA) is 12.5 Å². The summed E-state index contributed by atoms with van der Waals surface area (Å²) in [6.45, 7) is 5.40. The first-order chi connectivity index (χ1) is 9.26. The Labute approximate surface area is 125 Å². The van der Waals surface area contributed by atoms with E-state index in [1.54, 1.807) is 0 Å². The number of nitrogens with zero attached hydrogens (tertiary/aromatic N) is 1. The van der Waals surface area contributed by atoms with E-state index in [-0.39, 0.29) is 0 Å². The Morgan fingerprint density at radius 1 is 1.37 bits per heavy atom. The van der Waals surface area contributed by atoms with Crippen molar-refractivity contribution in [1.82, 2.24) is 4.31 Å². The third-order valence-electron chi connectivity index (χ3n) is 4.05. The highest BCUT2D eigenvalue weighted by atomic mass is 32.2. The molecule has 104 valence electrons. The molecular weight excluding hydrogens is 274 g/mol. The van der Waals surface area contributed by atoms with Crippen LogP contribution < -0.4 is 4.74 Å². The van der Waals surface area contributed by atoms with E-state index in [1.165, 1.54) is 42.0 Å². The molecule has 1 aromatic rings. The monoisotopic (exact) mass is 295 g/mol. The van der Waals surface area contributed by atoms with Gasteiger partial charge in [-0.25, -0.2) is 4.31 Å². The molecule has 1 aromatic carbocycles. The van der Waals surface area contributed by atoms with Gasteiger partial charge < -0.3 is 4.74 Å². The molecule has 0 spiro atoms. The predicted molar refractivity (Wildman–Crippen MR) is 84.4 cm³/mol. The smallest absolute Gasteiger partial charge is 0.122 e. The molecule has 19 heavy (non-hydrogen) atoms. The van der Waals surface area contributed by atoms with Gasteiger partial charge in [-0.2, -0.15) is 12.6 Å². The van der Waals surface area contributed by atoms with Crippen molar-refractivity contribution in [2.45, 2.75) is 31.1 Å². The van der Waals surface area contributed by atoms with Crippen LogP contribution in [-0.4, -0.2) is 29.8 Å². The van der Waals surface area contributed by atoms with Gasteiger partial charge >= 0.3 is 0 Å². The van der Waals surface area contributed by atoms with Crippen molar-refractivity contribution in [2.24, 2.45) is 5.92 Å². The molecule has 3 rings (SSSR count). The summed E-state index contributed by atoms with van der Waals surface area (Å²) in [7, 11) is 0. The maximum Gasteiger partial charge on any atom is 0.122 e. The Bertz CT molecular complexity index is 456. The quantitative estimate of drug-likeness (QED) is 0.676. The minimum absolute atomic E-state index is 0.815. The SMILES string of the molecule is Cc1cc2c(cc1SN1CCC(CS)CC1)CCO2. The van der Waals surface area contributed by atoms with Crippen LogP contribution in [0.3, 0.4) is 0 Å². The van der Waals surface area contributed by atoms with E-state index < -0.39 is 0 Å². The van der Waals surface area contributed by atoms with Crippen molar-refractivity contribution in [2.75, 3.05) is 25.4 Å². The van der Waals surface area contributed by atoms with Crippen LogP contribution in [-0.2, 0) is 6.42 Å². The van der Waals surface area contributed by atoms with Crippen LogP contribution in [0.4, 0.5) is 0 Å². The number of rotatable bonds is 3. The van der Waals surface area contributed by atoms with Gasteiger partial charge in [-0.3, -0.25) is 0 Å². The lowest BCUT2D eigenvalue weighted by Gasteiger charge is -2.30. The number of hydrogen-bond donors (Lipinski definition) is 1. The summed E-state index contributed by atoms with van der Waals surface area (Å²) < 4.78 is 8.13. The molecule has 0 aromatic heterocycles. The zero-order valence-corrected chi connectivity index (χ0v) is 13.1. The Kier molecular flexibility index (Phi) is 4.30. The zero-order valence-electron chi connectivity index (χ0n) is 11.4. The van der Waals surface area contributed by atoms with E-state index in [0.29, 0.717) is 0 Å².